The lowest BCUT2D eigenvalue weighted by Crippen LogP contribution is -2.26. The van der Waals surface area contributed by atoms with Gasteiger partial charge in [0.15, 0.2) is 6.61 Å². The summed E-state index contributed by atoms with van der Waals surface area (Å²) in [6, 6.07) is 11.3. The number of amides is 1. The zero-order chi connectivity index (χ0) is 14.8. The van der Waals surface area contributed by atoms with Gasteiger partial charge in [0, 0.05) is 0 Å². The highest BCUT2D eigenvalue weighted by Crippen LogP contribution is 2.33. The van der Waals surface area contributed by atoms with Gasteiger partial charge in [-0.05, 0) is 54.7 Å². The van der Waals surface area contributed by atoms with E-state index in [2.05, 4.69) is 11.4 Å². The minimum atomic E-state index is -0.113. The van der Waals surface area contributed by atoms with Gasteiger partial charge in [-0.15, -0.1) is 0 Å². The van der Waals surface area contributed by atoms with Crippen LogP contribution < -0.4 is 10.1 Å². The highest BCUT2D eigenvalue weighted by atomic mass is 16.5. The van der Waals surface area contributed by atoms with Crippen molar-refractivity contribution in [3.05, 3.63) is 53.1 Å². The van der Waals surface area contributed by atoms with Gasteiger partial charge in [-0.25, -0.2) is 0 Å². The number of aromatic hydroxyl groups is 1. The van der Waals surface area contributed by atoms with E-state index in [-0.39, 0.29) is 18.3 Å². The zero-order valence-corrected chi connectivity index (χ0v) is 11.8. The molecule has 2 N–H and O–H groups in total. The molecule has 2 aromatic carbocycles. The highest BCUT2D eigenvalue weighted by molar-refractivity contribution is 5.95. The van der Waals surface area contributed by atoms with Crippen LogP contribution in [0.3, 0.4) is 0 Å². The van der Waals surface area contributed by atoms with Gasteiger partial charge in [-0.3, -0.25) is 4.79 Å². The van der Waals surface area contributed by atoms with Gasteiger partial charge in [0.05, 0.1) is 5.69 Å². The molecule has 0 fully saturated rings. The molecule has 0 aromatic heterocycles. The van der Waals surface area contributed by atoms with E-state index in [0.29, 0.717) is 0 Å². The molecule has 4 heteroatoms. The minimum absolute atomic E-state index is 0.0840. The van der Waals surface area contributed by atoms with Crippen LogP contribution in [0, 0.1) is 6.92 Å². The predicted molar refractivity (Wildman–Crippen MR) is 80.8 cm³/mol. The first kappa shape index (κ1) is 13.5. The van der Waals surface area contributed by atoms with Crippen molar-refractivity contribution in [2.45, 2.75) is 19.8 Å². The lowest BCUT2D eigenvalue weighted by atomic mass is 10.0. The Morgan fingerprint density at radius 2 is 1.86 bits per heavy atom. The smallest absolute Gasteiger partial charge is 0.262 e. The van der Waals surface area contributed by atoms with Gasteiger partial charge in [0.2, 0.25) is 0 Å². The number of carbonyl (C=O) groups is 1. The molecule has 1 amide bonds. The fourth-order valence-electron chi connectivity index (χ4n) is 2.55. The summed E-state index contributed by atoms with van der Waals surface area (Å²) in [5.41, 5.74) is 4.12. The minimum Gasteiger partial charge on any atom is -0.508 e. The van der Waals surface area contributed by atoms with Crippen LogP contribution >= 0.6 is 0 Å². The average molecular weight is 283 g/mol. The summed E-state index contributed by atoms with van der Waals surface area (Å²) in [5.74, 6) is 0.934. The zero-order valence-electron chi connectivity index (χ0n) is 11.8. The Balaban J connectivity index is 1.77. The second kappa shape index (κ2) is 5.48. The summed E-state index contributed by atoms with van der Waals surface area (Å²) in [6.07, 6.45) is 1.75. The molecule has 1 heterocycles. The fourth-order valence-corrected chi connectivity index (χ4v) is 2.55. The van der Waals surface area contributed by atoms with Crippen molar-refractivity contribution in [2.24, 2.45) is 0 Å². The maximum absolute atomic E-state index is 11.4. The summed E-state index contributed by atoms with van der Waals surface area (Å²) in [6.45, 7) is 2.07. The maximum Gasteiger partial charge on any atom is 0.262 e. The monoisotopic (exact) mass is 283 g/mol. The topological polar surface area (TPSA) is 58.6 Å². The third kappa shape index (κ3) is 2.99. The van der Waals surface area contributed by atoms with Crippen LogP contribution in [0.2, 0.25) is 0 Å². The van der Waals surface area contributed by atoms with Crippen LogP contribution in [0.25, 0.3) is 0 Å². The Morgan fingerprint density at radius 1 is 1.14 bits per heavy atom. The molecular weight excluding hydrogens is 266 g/mol. The number of phenols is 1. The van der Waals surface area contributed by atoms with Gasteiger partial charge in [0.1, 0.15) is 11.5 Å². The van der Waals surface area contributed by atoms with Crippen molar-refractivity contribution in [2.75, 3.05) is 11.9 Å². The Labute approximate surface area is 123 Å². The first-order chi connectivity index (χ1) is 10.1. The summed E-state index contributed by atoms with van der Waals surface area (Å²) in [7, 11) is 0. The number of ether oxygens (including phenoxy) is 1. The first-order valence-electron chi connectivity index (χ1n) is 6.96. The molecule has 0 radical (unpaired) electrons. The molecule has 1 aliphatic heterocycles. The van der Waals surface area contributed by atoms with E-state index >= 15 is 0 Å². The number of anilines is 1. The number of phenolic OH excluding ortho intramolecular Hbond substituents is 1. The van der Waals surface area contributed by atoms with Crippen LogP contribution in [0.5, 0.6) is 11.5 Å². The standard InChI is InChI=1S/C17H17NO3/c1-11-8-13(3-2-12-4-6-14(19)7-5-12)9-15-17(11)21-10-16(20)18-15/h4-9,19H,2-3,10H2,1H3,(H,18,20). The molecule has 3 rings (SSSR count). The Kier molecular flexibility index (Phi) is 3.52. The quantitative estimate of drug-likeness (QED) is 0.910. The molecule has 0 saturated carbocycles. The van der Waals surface area contributed by atoms with Crippen molar-refractivity contribution in [1.29, 1.82) is 0 Å². The number of hydrogen-bond acceptors (Lipinski definition) is 3. The maximum atomic E-state index is 11.4. The van der Waals surface area contributed by atoms with Gasteiger partial charge >= 0.3 is 0 Å². The fraction of sp³-hybridized carbons (Fsp3) is 0.235. The van der Waals surface area contributed by atoms with Gasteiger partial charge in [-0.2, -0.15) is 0 Å². The van der Waals surface area contributed by atoms with Gasteiger partial charge in [0.25, 0.3) is 5.91 Å². The van der Waals surface area contributed by atoms with Crippen LogP contribution in [0.1, 0.15) is 16.7 Å². The molecule has 0 saturated heterocycles. The number of hydrogen-bond donors (Lipinski definition) is 2. The Morgan fingerprint density at radius 3 is 2.62 bits per heavy atom. The summed E-state index contributed by atoms with van der Waals surface area (Å²) >= 11 is 0. The number of rotatable bonds is 3. The first-order valence-corrected chi connectivity index (χ1v) is 6.96. The van der Waals surface area contributed by atoms with E-state index in [9.17, 15) is 9.90 Å². The number of fused-ring (bicyclic) bond motifs is 1. The number of aryl methyl sites for hydroxylation is 3. The third-order valence-corrected chi connectivity index (χ3v) is 3.59. The van der Waals surface area contributed by atoms with Crippen LogP contribution in [0.4, 0.5) is 5.69 Å². The van der Waals surface area contributed by atoms with Crippen molar-refractivity contribution in [1.82, 2.24) is 0 Å². The van der Waals surface area contributed by atoms with E-state index in [1.165, 1.54) is 5.56 Å². The lowest BCUT2D eigenvalue weighted by Gasteiger charge is -2.21. The molecule has 4 nitrogen and oxygen atoms in total. The van der Waals surface area contributed by atoms with E-state index < -0.39 is 0 Å². The molecule has 1 aliphatic rings. The van der Waals surface area contributed by atoms with Crippen molar-refractivity contribution < 1.29 is 14.6 Å². The molecule has 108 valence electrons. The third-order valence-electron chi connectivity index (χ3n) is 3.59. The Hall–Kier alpha value is -2.49. The molecular formula is C17H17NO3. The second-order valence-corrected chi connectivity index (χ2v) is 5.29. The molecule has 2 aromatic rings. The average Bonchev–Trinajstić information content (AvgIpc) is 2.46. The normalized spacial score (nSPS) is 13.3. The predicted octanol–water partition coefficient (Wildman–Crippen LogP) is 2.82. The van der Waals surface area contributed by atoms with Crippen LogP contribution in [0.15, 0.2) is 36.4 Å². The van der Waals surface area contributed by atoms with Gasteiger partial charge in [-0.1, -0.05) is 18.2 Å². The SMILES string of the molecule is Cc1cc(CCc2ccc(O)cc2)cc2c1OCC(=O)N2. The summed E-state index contributed by atoms with van der Waals surface area (Å²) in [5, 5.41) is 12.1. The van der Waals surface area contributed by atoms with Crippen molar-refractivity contribution >= 4 is 11.6 Å². The number of benzene rings is 2. The van der Waals surface area contributed by atoms with Crippen molar-refractivity contribution in [3.8, 4) is 11.5 Å². The molecule has 0 spiro atoms. The van der Waals surface area contributed by atoms with E-state index in [4.69, 9.17) is 4.74 Å². The van der Waals surface area contributed by atoms with Crippen molar-refractivity contribution in [3.63, 3.8) is 0 Å². The van der Waals surface area contributed by atoms with Crippen LogP contribution in [-0.4, -0.2) is 17.6 Å². The van der Waals surface area contributed by atoms with Gasteiger partial charge < -0.3 is 15.2 Å². The summed E-state index contributed by atoms with van der Waals surface area (Å²) in [4.78, 5) is 11.4. The molecule has 0 aliphatic carbocycles. The number of carbonyl (C=O) groups excluding carboxylic acids is 1. The van der Waals surface area contributed by atoms with E-state index in [1.807, 2.05) is 25.1 Å². The van der Waals surface area contributed by atoms with E-state index in [0.717, 1.165) is 35.4 Å². The second-order valence-electron chi connectivity index (χ2n) is 5.29. The van der Waals surface area contributed by atoms with E-state index in [1.54, 1.807) is 12.1 Å². The summed E-state index contributed by atoms with van der Waals surface area (Å²) < 4.78 is 5.46. The molecule has 21 heavy (non-hydrogen) atoms. The lowest BCUT2D eigenvalue weighted by molar-refractivity contribution is -0.118. The van der Waals surface area contributed by atoms with Crippen LogP contribution in [-0.2, 0) is 17.6 Å². The Bertz CT molecular complexity index is 677. The molecule has 0 unspecified atom stereocenters. The number of nitrogens with one attached hydrogen (secondary N) is 1. The largest absolute Gasteiger partial charge is 0.508 e. The molecule has 0 atom stereocenters. The molecule has 0 bridgehead atoms. The highest BCUT2D eigenvalue weighted by Gasteiger charge is 2.18.